The van der Waals surface area contributed by atoms with Gasteiger partial charge in [0.1, 0.15) is 0 Å². The number of carbonyl (C=O) groups excluding carboxylic acids is 1. The standard InChI is InChI=1S/C13H19N3O3S/c1-9-6-11(14-3)10(7-15-9)12(17)16-13(2)4-5-20(18,19)8-13/h6-7H,4-5,8H2,1-3H3,(H,14,15)(H,16,17). The molecule has 0 aliphatic carbocycles. The van der Waals surface area contributed by atoms with Gasteiger partial charge in [0, 0.05) is 18.9 Å². The summed E-state index contributed by atoms with van der Waals surface area (Å²) in [5.41, 5.74) is 1.20. The number of carbonyl (C=O) groups is 1. The van der Waals surface area contributed by atoms with Crippen molar-refractivity contribution < 1.29 is 13.2 Å². The molecule has 0 saturated carbocycles. The Hall–Kier alpha value is -1.63. The Morgan fingerprint density at radius 2 is 2.15 bits per heavy atom. The van der Waals surface area contributed by atoms with E-state index < -0.39 is 15.4 Å². The second kappa shape index (κ2) is 5.05. The van der Waals surface area contributed by atoms with Crippen molar-refractivity contribution >= 4 is 21.4 Å². The van der Waals surface area contributed by atoms with E-state index in [1.807, 2.05) is 6.92 Å². The van der Waals surface area contributed by atoms with Crippen molar-refractivity contribution in [1.29, 1.82) is 0 Å². The van der Waals surface area contributed by atoms with Crippen LogP contribution in [0.4, 0.5) is 5.69 Å². The van der Waals surface area contributed by atoms with Gasteiger partial charge in [-0.25, -0.2) is 8.42 Å². The summed E-state index contributed by atoms with van der Waals surface area (Å²) in [5, 5.41) is 5.78. The molecule has 1 fully saturated rings. The molecular weight excluding hydrogens is 278 g/mol. The third-order valence-corrected chi connectivity index (χ3v) is 5.38. The van der Waals surface area contributed by atoms with Gasteiger partial charge >= 0.3 is 0 Å². The monoisotopic (exact) mass is 297 g/mol. The zero-order chi connectivity index (χ0) is 15.0. The van der Waals surface area contributed by atoms with E-state index in [2.05, 4.69) is 15.6 Å². The van der Waals surface area contributed by atoms with E-state index in [0.717, 1.165) is 5.69 Å². The van der Waals surface area contributed by atoms with Crippen molar-refractivity contribution in [2.24, 2.45) is 0 Å². The van der Waals surface area contributed by atoms with Gasteiger partial charge < -0.3 is 10.6 Å². The van der Waals surface area contributed by atoms with Crippen LogP contribution in [0.3, 0.4) is 0 Å². The van der Waals surface area contributed by atoms with E-state index >= 15 is 0 Å². The molecule has 1 amide bonds. The molecule has 2 rings (SSSR count). The molecule has 1 unspecified atom stereocenters. The van der Waals surface area contributed by atoms with Crippen LogP contribution in [0.25, 0.3) is 0 Å². The number of rotatable bonds is 3. The molecule has 0 radical (unpaired) electrons. The quantitative estimate of drug-likeness (QED) is 0.859. The molecular formula is C13H19N3O3S. The highest BCUT2D eigenvalue weighted by atomic mass is 32.2. The van der Waals surface area contributed by atoms with E-state index in [1.54, 1.807) is 20.0 Å². The van der Waals surface area contributed by atoms with Gasteiger partial charge in [-0.2, -0.15) is 0 Å². The summed E-state index contributed by atoms with van der Waals surface area (Å²) in [7, 11) is -1.32. The number of sulfone groups is 1. The first-order valence-electron chi connectivity index (χ1n) is 6.42. The van der Waals surface area contributed by atoms with Crippen molar-refractivity contribution in [2.75, 3.05) is 23.9 Å². The fraction of sp³-hybridized carbons (Fsp3) is 0.538. The second-order valence-electron chi connectivity index (χ2n) is 5.48. The summed E-state index contributed by atoms with van der Waals surface area (Å²) >= 11 is 0. The molecule has 0 aromatic carbocycles. The fourth-order valence-electron chi connectivity index (χ4n) is 2.40. The highest BCUT2D eigenvalue weighted by molar-refractivity contribution is 7.91. The highest BCUT2D eigenvalue weighted by Gasteiger charge is 2.39. The maximum Gasteiger partial charge on any atom is 0.255 e. The summed E-state index contributed by atoms with van der Waals surface area (Å²) < 4.78 is 23.1. The van der Waals surface area contributed by atoms with E-state index in [-0.39, 0.29) is 17.4 Å². The minimum absolute atomic E-state index is 0.0140. The number of aryl methyl sites for hydroxylation is 1. The predicted octanol–water partition coefficient (Wildman–Crippen LogP) is 0.739. The molecule has 7 heteroatoms. The molecule has 0 bridgehead atoms. The molecule has 1 aromatic heterocycles. The van der Waals surface area contributed by atoms with Crippen molar-refractivity contribution in [3.8, 4) is 0 Å². The minimum atomic E-state index is -3.05. The number of pyridine rings is 1. The third-order valence-electron chi connectivity index (χ3n) is 3.47. The lowest BCUT2D eigenvalue weighted by Gasteiger charge is -2.24. The topological polar surface area (TPSA) is 88.2 Å². The Labute approximate surface area is 118 Å². The van der Waals surface area contributed by atoms with Crippen LogP contribution in [0.15, 0.2) is 12.3 Å². The number of hydrogen-bond donors (Lipinski definition) is 2. The number of nitrogens with zero attached hydrogens (tertiary/aromatic N) is 1. The molecule has 20 heavy (non-hydrogen) atoms. The van der Waals surface area contributed by atoms with E-state index in [9.17, 15) is 13.2 Å². The summed E-state index contributed by atoms with van der Waals surface area (Å²) in [4.78, 5) is 16.4. The Morgan fingerprint density at radius 3 is 2.70 bits per heavy atom. The number of aromatic nitrogens is 1. The molecule has 1 aliphatic rings. The van der Waals surface area contributed by atoms with Gasteiger partial charge in [0.15, 0.2) is 9.84 Å². The SMILES string of the molecule is CNc1cc(C)ncc1C(=O)NC1(C)CCS(=O)(=O)C1. The largest absolute Gasteiger partial charge is 0.387 e. The summed E-state index contributed by atoms with van der Waals surface area (Å²) in [6.07, 6.45) is 1.94. The van der Waals surface area contributed by atoms with Crippen LogP contribution in [-0.4, -0.2) is 43.4 Å². The Morgan fingerprint density at radius 1 is 1.45 bits per heavy atom. The first-order valence-corrected chi connectivity index (χ1v) is 8.24. The van der Waals surface area contributed by atoms with Crippen LogP contribution >= 0.6 is 0 Å². The van der Waals surface area contributed by atoms with Crippen LogP contribution in [-0.2, 0) is 9.84 Å². The van der Waals surface area contributed by atoms with Crippen LogP contribution in [0.1, 0.15) is 29.4 Å². The fourth-order valence-corrected chi connectivity index (χ4v) is 4.49. The van der Waals surface area contributed by atoms with Gasteiger partial charge in [0.05, 0.1) is 28.3 Å². The smallest absolute Gasteiger partial charge is 0.255 e. The number of amides is 1. The zero-order valence-corrected chi connectivity index (χ0v) is 12.7. The molecule has 1 atom stereocenters. The van der Waals surface area contributed by atoms with Gasteiger partial charge in [0.25, 0.3) is 5.91 Å². The van der Waals surface area contributed by atoms with Gasteiger partial charge in [-0.15, -0.1) is 0 Å². The van der Waals surface area contributed by atoms with Gasteiger partial charge in [-0.1, -0.05) is 0 Å². The lowest BCUT2D eigenvalue weighted by atomic mass is 10.0. The molecule has 1 aromatic rings. The lowest BCUT2D eigenvalue weighted by molar-refractivity contribution is 0.0916. The predicted molar refractivity (Wildman–Crippen MR) is 77.7 cm³/mol. The van der Waals surface area contributed by atoms with E-state index in [4.69, 9.17) is 0 Å². The van der Waals surface area contributed by atoms with Gasteiger partial charge in [-0.05, 0) is 26.3 Å². The van der Waals surface area contributed by atoms with Crippen molar-refractivity contribution in [3.05, 3.63) is 23.5 Å². The Balaban J connectivity index is 2.21. The number of anilines is 1. The van der Waals surface area contributed by atoms with Crippen LogP contribution in [0, 0.1) is 6.92 Å². The summed E-state index contributed by atoms with van der Waals surface area (Å²) in [6, 6.07) is 1.78. The normalized spacial score (nSPS) is 24.4. The van der Waals surface area contributed by atoms with E-state index in [0.29, 0.717) is 17.7 Å². The minimum Gasteiger partial charge on any atom is -0.387 e. The molecule has 1 aliphatic heterocycles. The summed E-state index contributed by atoms with van der Waals surface area (Å²) in [6.45, 7) is 3.60. The maximum absolute atomic E-state index is 12.3. The van der Waals surface area contributed by atoms with Crippen molar-refractivity contribution in [2.45, 2.75) is 25.8 Å². The molecule has 1 saturated heterocycles. The van der Waals surface area contributed by atoms with Crippen LogP contribution < -0.4 is 10.6 Å². The number of nitrogens with one attached hydrogen (secondary N) is 2. The Bertz CT molecular complexity index is 642. The first-order chi connectivity index (χ1) is 9.25. The van der Waals surface area contributed by atoms with Crippen LogP contribution in [0.2, 0.25) is 0 Å². The lowest BCUT2D eigenvalue weighted by Crippen LogP contribution is -2.47. The summed E-state index contributed by atoms with van der Waals surface area (Å²) in [5.74, 6) is -0.198. The Kier molecular flexibility index (Phi) is 3.73. The maximum atomic E-state index is 12.3. The first kappa shape index (κ1) is 14.8. The molecule has 2 heterocycles. The molecule has 110 valence electrons. The van der Waals surface area contributed by atoms with Gasteiger partial charge in [-0.3, -0.25) is 9.78 Å². The second-order valence-corrected chi connectivity index (χ2v) is 7.66. The molecule has 0 spiro atoms. The van der Waals surface area contributed by atoms with Gasteiger partial charge in [0.2, 0.25) is 0 Å². The van der Waals surface area contributed by atoms with Crippen molar-refractivity contribution in [3.63, 3.8) is 0 Å². The average molecular weight is 297 g/mol. The highest BCUT2D eigenvalue weighted by Crippen LogP contribution is 2.24. The molecule has 6 nitrogen and oxygen atoms in total. The number of hydrogen-bond acceptors (Lipinski definition) is 5. The average Bonchev–Trinajstić information content (AvgIpc) is 2.62. The zero-order valence-electron chi connectivity index (χ0n) is 11.9. The van der Waals surface area contributed by atoms with E-state index in [1.165, 1.54) is 6.20 Å². The third kappa shape index (κ3) is 3.09. The van der Waals surface area contributed by atoms with Crippen molar-refractivity contribution in [1.82, 2.24) is 10.3 Å². The van der Waals surface area contributed by atoms with Crippen LogP contribution in [0.5, 0.6) is 0 Å². The molecule has 2 N–H and O–H groups in total.